The van der Waals surface area contributed by atoms with E-state index in [0.717, 1.165) is 18.4 Å². The Morgan fingerprint density at radius 2 is 1.78 bits per heavy atom. The van der Waals surface area contributed by atoms with E-state index in [4.69, 9.17) is 0 Å². The second kappa shape index (κ2) is 7.72. The average molecular weight is 404 g/mol. The Morgan fingerprint density at radius 1 is 1.11 bits per heavy atom. The third-order valence-corrected chi connectivity index (χ3v) is 7.97. The highest BCUT2D eigenvalue weighted by Gasteiger charge is 2.43. The molecule has 0 radical (unpaired) electrons. The Morgan fingerprint density at radius 3 is 2.37 bits per heavy atom. The van der Waals surface area contributed by atoms with Crippen molar-refractivity contribution in [1.29, 1.82) is 0 Å². The zero-order chi connectivity index (χ0) is 19.8. The normalized spacial score (nSPS) is 26.0. The maximum atomic E-state index is 12.9. The summed E-state index contributed by atoms with van der Waals surface area (Å²) in [5, 5.41) is 0. The summed E-state index contributed by atoms with van der Waals surface area (Å²) in [6, 6.07) is 6.92. The third kappa shape index (κ3) is 4.49. The first-order valence-corrected chi connectivity index (χ1v) is 10.9. The first-order chi connectivity index (χ1) is 12.6. The molecule has 0 amide bonds. The van der Waals surface area contributed by atoms with Crippen molar-refractivity contribution >= 4 is 10.0 Å². The zero-order valence-electron chi connectivity index (χ0n) is 15.7. The van der Waals surface area contributed by atoms with Crippen LogP contribution in [0.4, 0.5) is 13.2 Å². The van der Waals surface area contributed by atoms with Gasteiger partial charge in [0.15, 0.2) is 0 Å². The topological polar surface area (TPSA) is 40.6 Å². The van der Waals surface area contributed by atoms with E-state index < -0.39 is 22.1 Å². The molecule has 2 aliphatic rings. The second-order valence-corrected chi connectivity index (χ2v) is 9.81. The van der Waals surface area contributed by atoms with E-state index >= 15 is 0 Å². The quantitative estimate of drug-likeness (QED) is 0.766. The third-order valence-electron chi connectivity index (χ3n) is 6.07. The highest BCUT2D eigenvalue weighted by molar-refractivity contribution is 7.89. The van der Waals surface area contributed by atoms with Gasteiger partial charge in [-0.25, -0.2) is 8.42 Å². The molecule has 152 valence electrons. The molecule has 4 nitrogen and oxygen atoms in total. The first kappa shape index (κ1) is 20.6. The molecule has 3 rings (SSSR count). The largest absolute Gasteiger partial charge is 0.391 e. The van der Waals surface area contributed by atoms with Gasteiger partial charge >= 0.3 is 6.18 Å². The van der Waals surface area contributed by atoms with E-state index in [1.54, 1.807) is 25.2 Å². The Hall–Kier alpha value is -1.12. The monoisotopic (exact) mass is 404 g/mol. The molecule has 1 aliphatic heterocycles. The lowest BCUT2D eigenvalue weighted by atomic mass is 9.95. The van der Waals surface area contributed by atoms with Gasteiger partial charge < -0.3 is 4.90 Å². The van der Waals surface area contributed by atoms with E-state index in [0.29, 0.717) is 24.4 Å². The number of halogens is 3. The van der Waals surface area contributed by atoms with Crippen LogP contribution in [0.25, 0.3) is 0 Å². The molecule has 1 saturated heterocycles. The predicted octanol–water partition coefficient (Wildman–Crippen LogP) is 3.81. The fraction of sp³-hybridized carbons (Fsp3) is 0.684. The van der Waals surface area contributed by atoms with Gasteiger partial charge in [-0.05, 0) is 69.8 Å². The van der Waals surface area contributed by atoms with Gasteiger partial charge in [0.2, 0.25) is 10.0 Å². The fourth-order valence-corrected chi connectivity index (χ4v) is 5.83. The Kier molecular flexibility index (Phi) is 5.89. The molecule has 27 heavy (non-hydrogen) atoms. The van der Waals surface area contributed by atoms with Crippen molar-refractivity contribution < 1.29 is 21.6 Å². The fourth-order valence-electron chi connectivity index (χ4n) is 4.33. The lowest BCUT2D eigenvalue weighted by Gasteiger charge is -2.37. The molecule has 0 spiro atoms. The molecule has 1 aromatic rings. The number of hydrogen-bond acceptors (Lipinski definition) is 3. The summed E-state index contributed by atoms with van der Waals surface area (Å²) in [5.74, 6) is -1.20. The van der Waals surface area contributed by atoms with Crippen LogP contribution in [0.1, 0.15) is 37.7 Å². The van der Waals surface area contributed by atoms with Crippen LogP contribution in [0.2, 0.25) is 0 Å². The first-order valence-electron chi connectivity index (χ1n) is 9.44. The van der Waals surface area contributed by atoms with Crippen molar-refractivity contribution in [2.75, 3.05) is 20.1 Å². The van der Waals surface area contributed by atoms with Gasteiger partial charge in [0.1, 0.15) is 0 Å². The molecule has 1 aliphatic carbocycles. The predicted molar refractivity (Wildman–Crippen MR) is 97.9 cm³/mol. The number of aryl methyl sites for hydroxylation is 1. The lowest BCUT2D eigenvalue weighted by molar-refractivity contribution is -0.186. The molecule has 0 aromatic heterocycles. The summed E-state index contributed by atoms with van der Waals surface area (Å²) in [6.45, 7) is 2.74. The highest BCUT2D eigenvalue weighted by Crippen LogP contribution is 2.37. The van der Waals surface area contributed by atoms with Crippen molar-refractivity contribution in [2.45, 2.75) is 62.2 Å². The summed E-state index contributed by atoms with van der Waals surface area (Å²) in [4.78, 5) is 2.41. The van der Waals surface area contributed by atoms with Gasteiger partial charge in [0, 0.05) is 19.1 Å². The van der Waals surface area contributed by atoms with Gasteiger partial charge in [0.25, 0.3) is 0 Å². The van der Waals surface area contributed by atoms with Crippen molar-refractivity contribution in [3.8, 4) is 0 Å². The van der Waals surface area contributed by atoms with Crippen LogP contribution in [-0.2, 0) is 10.0 Å². The van der Waals surface area contributed by atoms with Gasteiger partial charge in [-0.2, -0.15) is 17.5 Å². The van der Waals surface area contributed by atoms with Crippen LogP contribution in [0.15, 0.2) is 29.2 Å². The summed E-state index contributed by atoms with van der Waals surface area (Å²) in [6.07, 6.45) is -1.57. The summed E-state index contributed by atoms with van der Waals surface area (Å²) >= 11 is 0. The van der Waals surface area contributed by atoms with Gasteiger partial charge in [0.05, 0.1) is 10.8 Å². The number of hydrogen-bond donors (Lipinski definition) is 0. The SMILES string of the molecule is Cc1cccc(S(=O)(=O)N(C)[C@H]2CC[C@@H](N3CCC(C(F)(F)F)CC3)C2)c1. The number of sulfonamides is 1. The number of nitrogens with zero attached hydrogens (tertiary/aromatic N) is 2. The molecule has 0 unspecified atom stereocenters. The molecule has 1 saturated carbocycles. The number of benzene rings is 1. The minimum atomic E-state index is -4.10. The lowest BCUT2D eigenvalue weighted by Crippen LogP contribution is -2.44. The van der Waals surface area contributed by atoms with Crippen LogP contribution in [0.5, 0.6) is 0 Å². The summed E-state index contributed by atoms with van der Waals surface area (Å²) in [7, 11) is -1.95. The van der Waals surface area contributed by atoms with Crippen molar-refractivity contribution in [3.63, 3.8) is 0 Å². The van der Waals surface area contributed by atoms with Crippen molar-refractivity contribution in [3.05, 3.63) is 29.8 Å². The number of piperidine rings is 1. The van der Waals surface area contributed by atoms with E-state index in [1.165, 1.54) is 4.31 Å². The van der Waals surface area contributed by atoms with E-state index in [-0.39, 0.29) is 24.9 Å². The van der Waals surface area contributed by atoms with Crippen molar-refractivity contribution in [2.24, 2.45) is 5.92 Å². The molecule has 1 heterocycles. The van der Waals surface area contributed by atoms with Crippen LogP contribution >= 0.6 is 0 Å². The minimum Gasteiger partial charge on any atom is -0.300 e. The maximum absolute atomic E-state index is 12.9. The molecule has 0 bridgehead atoms. The van der Waals surface area contributed by atoms with E-state index in [1.807, 2.05) is 13.0 Å². The number of likely N-dealkylation sites (tertiary alicyclic amines) is 1. The second-order valence-electron chi connectivity index (χ2n) is 7.81. The van der Waals surface area contributed by atoms with Crippen LogP contribution in [0.3, 0.4) is 0 Å². The highest BCUT2D eigenvalue weighted by atomic mass is 32.2. The average Bonchev–Trinajstić information content (AvgIpc) is 3.10. The number of alkyl halides is 3. The zero-order valence-corrected chi connectivity index (χ0v) is 16.6. The smallest absolute Gasteiger partial charge is 0.300 e. The van der Waals surface area contributed by atoms with Crippen LogP contribution < -0.4 is 0 Å². The Balaban J connectivity index is 1.61. The van der Waals surface area contributed by atoms with Crippen LogP contribution in [0, 0.1) is 12.8 Å². The molecular formula is C19H27F3N2O2S. The van der Waals surface area contributed by atoms with Crippen LogP contribution in [-0.4, -0.2) is 56.0 Å². The minimum absolute atomic E-state index is 0.110. The van der Waals surface area contributed by atoms with Crippen molar-refractivity contribution in [1.82, 2.24) is 9.21 Å². The van der Waals surface area contributed by atoms with E-state index in [9.17, 15) is 21.6 Å². The molecule has 2 fully saturated rings. The Bertz CT molecular complexity index is 758. The number of rotatable bonds is 4. The summed E-state index contributed by atoms with van der Waals surface area (Å²) in [5.41, 5.74) is 0.890. The van der Waals surface area contributed by atoms with Gasteiger partial charge in [-0.15, -0.1) is 0 Å². The molecule has 0 N–H and O–H groups in total. The van der Waals surface area contributed by atoms with E-state index in [2.05, 4.69) is 4.90 Å². The standard InChI is InChI=1S/C19H27F3N2O2S/c1-14-4-3-5-18(12-14)27(25,26)23(2)16-6-7-17(13-16)24-10-8-15(9-11-24)19(20,21)22/h3-5,12,15-17H,6-11,13H2,1-2H3/t16-,17+/m0/s1. The summed E-state index contributed by atoms with van der Waals surface area (Å²) < 4.78 is 65.8. The van der Waals surface area contributed by atoms with Gasteiger partial charge in [-0.1, -0.05) is 12.1 Å². The Labute approximate surface area is 159 Å². The molecule has 2 atom stereocenters. The maximum Gasteiger partial charge on any atom is 0.391 e. The van der Waals surface area contributed by atoms with Gasteiger partial charge in [-0.3, -0.25) is 0 Å². The molecule has 1 aromatic carbocycles. The molecule has 8 heteroatoms. The molecular weight excluding hydrogens is 377 g/mol.